The number of carboxylic acids is 1. The SMILES string of the molecule is O=C(O)C(=O)c1cnsc1. The molecule has 10 heavy (non-hydrogen) atoms. The van der Waals surface area contributed by atoms with Crippen LogP contribution in [0.1, 0.15) is 10.4 Å². The highest BCUT2D eigenvalue weighted by Gasteiger charge is 2.14. The minimum atomic E-state index is -1.44. The minimum absolute atomic E-state index is 0.137. The molecule has 0 aromatic carbocycles. The van der Waals surface area contributed by atoms with Crippen molar-refractivity contribution in [1.82, 2.24) is 4.37 Å². The second-order valence-electron chi connectivity index (χ2n) is 1.55. The van der Waals surface area contributed by atoms with Crippen molar-refractivity contribution < 1.29 is 14.7 Å². The summed E-state index contributed by atoms with van der Waals surface area (Å²) in [6.45, 7) is 0. The number of carboxylic acid groups (broad SMARTS) is 1. The first-order valence-corrected chi connectivity index (χ1v) is 3.22. The molecule has 1 rings (SSSR count). The molecule has 0 unspecified atom stereocenters. The summed E-state index contributed by atoms with van der Waals surface area (Å²) in [6, 6.07) is 0. The second kappa shape index (κ2) is 2.57. The fraction of sp³-hybridized carbons (Fsp3) is 0. The van der Waals surface area contributed by atoms with Crippen molar-refractivity contribution in [3.63, 3.8) is 0 Å². The Labute approximate surface area is 60.3 Å². The molecule has 0 spiro atoms. The van der Waals surface area contributed by atoms with Crippen molar-refractivity contribution in [1.29, 1.82) is 0 Å². The largest absolute Gasteiger partial charge is 0.475 e. The number of Topliss-reactive ketones (excluding diaryl/α,β-unsaturated/α-hetero) is 1. The van der Waals surface area contributed by atoms with Gasteiger partial charge < -0.3 is 5.11 Å². The summed E-state index contributed by atoms with van der Waals surface area (Å²) >= 11 is 1.05. The van der Waals surface area contributed by atoms with E-state index in [-0.39, 0.29) is 5.56 Å². The molecule has 1 N–H and O–H groups in total. The molecule has 0 bridgehead atoms. The van der Waals surface area contributed by atoms with E-state index in [1.54, 1.807) is 0 Å². The summed E-state index contributed by atoms with van der Waals surface area (Å²) in [5.74, 6) is -2.35. The number of rotatable bonds is 2. The van der Waals surface area contributed by atoms with Crippen LogP contribution in [-0.4, -0.2) is 21.2 Å². The van der Waals surface area contributed by atoms with Gasteiger partial charge in [-0.15, -0.1) is 0 Å². The zero-order valence-electron chi connectivity index (χ0n) is 4.77. The van der Waals surface area contributed by atoms with Crippen LogP contribution in [0.2, 0.25) is 0 Å². The molecule has 0 saturated heterocycles. The van der Waals surface area contributed by atoms with Crippen molar-refractivity contribution in [2.24, 2.45) is 0 Å². The van der Waals surface area contributed by atoms with E-state index in [1.165, 1.54) is 11.6 Å². The Balaban J connectivity index is 2.88. The van der Waals surface area contributed by atoms with E-state index in [1.807, 2.05) is 0 Å². The smallest absolute Gasteiger partial charge is 0.377 e. The number of aromatic nitrogens is 1. The van der Waals surface area contributed by atoms with Crippen LogP contribution < -0.4 is 0 Å². The quantitative estimate of drug-likeness (QED) is 0.498. The molecule has 0 saturated carbocycles. The lowest BCUT2D eigenvalue weighted by Crippen LogP contribution is -2.11. The number of carbonyl (C=O) groups excluding carboxylic acids is 1. The van der Waals surface area contributed by atoms with E-state index in [0.29, 0.717) is 0 Å². The lowest BCUT2D eigenvalue weighted by Gasteiger charge is -1.84. The Morgan fingerprint density at radius 1 is 1.60 bits per heavy atom. The summed E-state index contributed by atoms with van der Waals surface area (Å²) in [5, 5.41) is 9.58. The van der Waals surface area contributed by atoms with E-state index < -0.39 is 11.8 Å². The zero-order valence-corrected chi connectivity index (χ0v) is 5.59. The van der Waals surface area contributed by atoms with Crippen LogP contribution in [0.25, 0.3) is 0 Å². The third-order valence-corrected chi connectivity index (χ3v) is 1.48. The minimum Gasteiger partial charge on any atom is -0.475 e. The summed E-state index contributed by atoms with van der Waals surface area (Å²) in [6.07, 6.45) is 1.24. The van der Waals surface area contributed by atoms with Gasteiger partial charge >= 0.3 is 5.97 Å². The van der Waals surface area contributed by atoms with Crippen molar-refractivity contribution in [2.75, 3.05) is 0 Å². The molecule has 1 aromatic heterocycles. The zero-order chi connectivity index (χ0) is 7.56. The molecular formula is C5H3NO3S. The molecule has 0 aliphatic heterocycles. The monoisotopic (exact) mass is 157 g/mol. The van der Waals surface area contributed by atoms with Crippen LogP contribution in [0, 0.1) is 0 Å². The van der Waals surface area contributed by atoms with Crippen LogP contribution in [-0.2, 0) is 4.79 Å². The molecular weight excluding hydrogens is 154 g/mol. The van der Waals surface area contributed by atoms with E-state index in [2.05, 4.69) is 4.37 Å². The molecule has 5 heteroatoms. The predicted molar refractivity (Wildman–Crippen MR) is 34.1 cm³/mol. The highest BCUT2D eigenvalue weighted by Crippen LogP contribution is 2.01. The van der Waals surface area contributed by atoms with Crippen LogP contribution in [0.3, 0.4) is 0 Å². The van der Waals surface area contributed by atoms with Crippen LogP contribution >= 0.6 is 11.5 Å². The van der Waals surface area contributed by atoms with E-state index in [0.717, 1.165) is 11.5 Å². The number of hydrogen-bond acceptors (Lipinski definition) is 4. The molecule has 0 aliphatic carbocycles. The molecule has 0 fully saturated rings. The van der Waals surface area contributed by atoms with Crippen molar-refractivity contribution in [3.05, 3.63) is 17.1 Å². The Bertz CT molecular complexity index is 254. The van der Waals surface area contributed by atoms with Crippen LogP contribution in [0.4, 0.5) is 0 Å². The first kappa shape index (κ1) is 6.88. The third-order valence-electron chi connectivity index (χ3n) is 0.889. The molecule has 0 radical (unpaired) electrons. The second-order valence-corrected chi connectivity index (χ2v) is 2.20. The topological polar surface area (TPSA) is 67.3 Å². The molecule has 0 amide bonds. The lowest BCUT2D eigenvalue weighted by atomic mass is 10.2. The number of carbonyl (C=O) groups is 2. The molecule has 1 heterocycles. The number of aliphatic carboxylic acids is 1. The van der Waals surface area contributed by atoms with Gasteiger partial charge in [0.25, 0.3) is 5.78 Å². The number of nitrogens with zero attached hydrogens (tertiary/aromatic N) is 1. The fourth-order valence-corrected chi connectivity index (χ4v) is 0.957. The molecule has 0 atom stereocenters. The average molecular weight is 157 g/mol. The maximum atomic E-state index is 10.6. The lowest BCUT2D eigenvalue weighted by molar-refractivity contribution is -0.131. The highest BCUT2D eigenvalue weighted by atomic mass is 32.1. The van der Waals surface area contributed by atoms with Crippen molar-refractivity contribution in [2.45, 2.75) is 0 Å². The van der Waals surface area contributed by atoms with E-state index in [4.69, 9.17) is 5.11 Å². The predicted octanol–water partition coefficient (Wildman–Crippen LogP) is 0.410. The maximum Gasteiger partial charge on any atom is 0.377 e. The highest BCUT2D eigenvalue weighted by molar-refractivity contribution is 7.03. The van der Waals surface area contributed by atoms with Gasteiger partial charge in [-0.1, -0.05) is 0 Å². The summed E-state index contributed by atoms with van der Waals surface area (Å²) in [5.41, 5.74) is 0.137. The summed E-state index contributed by atoms with van der Waals surface area (Å²) in [4.78, 5) is 20.6. The summed E-state index contributed by atoms with van der Waals surface area (Å²) in [7, 11) is 0. The van der Waals surface area contributed by atoms with Gasteiger partial charge in [-0.25, -0.2) is 9.17 Å². The van der Waals surface area contributed by atoms with Gasteiger partial charge in [0.15, 0.2) is 0 Å². The van der Waals surface area contributed by atoms with Crippen LogP contribution in [0.15, 0.2) is 11.6 Å². The molecule has 4 nitrogen and oxygen atoms in total. The Morgan fingerprint density at radius 3 is 2.70 bits per heavy atom. The van der Waals surface area contributed by atoms with Crippen LogP contribution in [0.5, 0.6) is 0 Å². The first-order chi connectivity index (χ1) is 4.72. The Kier molecular flexibility index (Phi) is 1.77. The van der Waals surface area contributed by atoms with Gasteiger partial charge in [-0.05, 0) is 11.5 Å². The first-order valence-electron chi connectivity index (χ1n) is 2.39. The Hall–Kier alpha value is -1.23. The van der Waals surface area contributed by atoms with Crippen molar-refractivity contribution in [3.8, 4) is 0 Å². The van der Waals surface area contributed by atoms with Gasteiger partial charge in [-0.2, -0.15) is 0 Å². The number of hydrogen-bond donors (Lipinski definition) is 1. The van der Waals surface area contributed by atoms with Gasteiger partial charge in [0, 0.05) is 5.38 Å². The average Bonchev–Trinajstić information content (AvgIpc) is 2.36. The van der Waals surface area contributed by atoms with E-state index in [9.17, 15) is 9.59 Å². The molecule has 0 aliphatic rings. The van der Waals surface area contributed by atoms with E-state index >= 15 is 0 Å². The standard InChI is InChI=1S/C5H3NO3S/c7-4(5(8)9)3-1-6-10-2-3/h1-2H,(H,8,9). The molecule has 52 valence electrons. The number of ketones is 1. The summed E-state index contributed by atoms with van der Waals surface area (Å²) < 4.78 is 3.58. The molecule has 1 aromatic rings. The Morgan fingerprint density at radius 2 is 2.30 bits per heavy atom. The maximum absolute atomic E-state index is 10.6. The fourth-order valence-electron chi connectivity index (χ4n) is 0.440. The van der Waals surface area contributed by atoms with Gasteiger partial charge in [0.2, 0.25) is 0 Å². The van der Waals surface area contributed by atoms with Gasteiger partial charge in [0.05, 0.1) is 11.8 Å². The van der Waals surface area contributed by atoms with Crippen molar-refractivity contribution >= 4 is 23.3 Å². The normalized spacial score (nSPS) is 9.20. The van der Waals surface area contributed by atoms with Gasteiger partial charge in [0.1, 0.15) is 0 Å². The van der Waals surface area contributed by atoms with Gasteiger partial charge in [-0.3, -0.25) is 4.79 Å². The third kappa shape index (κ3) is 1.19.